The molecule has 1 atom stereocenters. The maximum Gasteiger partial charge on any atom is 0.112 e. The normalized spacial score (nSPS) is 13.5. The summed E-state index contributed by atoms with van der Waals surface area (Å²) in [6.07, 6.45) is 1.14. The van der Waals surface area contributed by atoms with E-state index in [-0.39, 0.29) is 0 Å². The lowest BCUT2D eigenvalue weighted by molar-refractivity contribution is 0.499. The van der Waals surface area contributed by atoms with Gasteiger partial charge in [0.15, 0.2) is 0 Å². The summed E-state index contributed by atoms with van der Waals surface area (Å²) in [6.45, 7) is 10.1. The molecule has 0 bridgehead atoms. The molecule has 0 fully saturated rings. The molecule has 0 saturated heterocycles. The molecule has 1 unspecified atom stereocenters. The summed E-state index contributed by atoms with van der Waals surface area (Å²) in [6, 6.07) is 8.45. The Morgan fingerprint density at radius 2 is 1.88 bits per heavy atom. The van der Waals surface area contributed by atoms with Crippen LogP contribution in [0.2, 0.25) is 0 Å². The molecule has 0 aliphatic carbocycles. The van der Waals surface area contributed by atoms with Gasteiger partial charge in [-0.2, -0.15) is 0 Å². The molecule has 0 aliphatic heterocycles. The van der Waals surface area contributed by atoms with E-state index in [1.165, 1.54) is 11.3 Å². The first kappa shape index (κ1) is 12.2. The Kier molecular flexibility index (Phi) is 3.51. The number of hydrogen-bond donors (Lipinski definition) is 0. The van der Waals surface area contributed by atoms with E-state index in [0.717, 1.165) is 18.5 Å². The number of fused-ring (bicyclic) bond motifs is 1. The molecule has 1 aromatic carbocycles. The predicted octanol–water partition coefficient (Wildman–Crippen LogP) is 4.21. The smallest absolute Gasteiger partial charge is 0.112 e. The van der Waals surface area contributed by atoms with Crippen LogP contribution < -0.4 is 0 Å². The zero-order valence-electron chi connectivity index (χ0n) is 11.3. The molecule has 17 heavy (non-hydrogen) atoms. The van der Waals surface area contributed by atoms with Gasteiger partial charge in [-0.05, 0) is 24.5 Å². The van der Waals surface area contributed by atoms with Crippen molar-refractivity contribution < 1.29 is 0 Å². The lowest BCUT2D eigenvalue weighted by Gasteiger charge is -2.15. The lowest BCUT2D eigenvalue weighted by atomic mass is 10.1. The molecule has 1 heterocycles. The Hall–Kier alpha value is -1.31. The molecule has 0 radical (unpaired) electrons. The lowest BCUT2D eigenvalue weighted by Crippen LogP contribution is -2.10. The van der Waals surface area contributed by atoms with Crippen LogP contribution in [0.3, 0.4) is 0 Å². The van der Waals surface area contributed by atoms with Gasteiger partial charge in [0, 0.05) is 12.5 Å². The van der Waals surface area contributed by atoms with E-state index in [1.54, 1.807) is 0 Å². The van der Waals surface area contributed by atoms with E-state index >= 15 is 0 Å². The van der Waals surface area contributed by atoms with Crippen molar-refractivity contribution >= 4 is 11.0 Å². The van der Waals surface area contributed by atoms with Gasteiger partial charge < -0.3 is 4.57 Å². The fraction of sp³-hybridized carbons (Fsp3) is 0.533. The van der Waals surface area contributed by atoms with E-state index in [9.17, 15) is 0 Å². The SMILES string of the molecule is CCC(C)c1nc2ccccc2n1CC(C)C. The number of hydrogen-bond acceptors (Lipinski definition) is 1. The van der Waals surface area contributed by atoms with Crippen LogP contribution in [0.5, 0.6) is 0 Å². The number of rotatable bonds is 4. The van der Waals surface area contributed by atoms with Gasteiger partial charge in [0.05, 0.1) is 11.0 Å². The third-order valence-corrected chi connectivity index (χ3v) is 3.28. The first-order chi connectivity index (χ1) is 8.13. The quantitative estimate of drug-likeness (QED) is 0.769. The number of para-hydroxylation sites is 2. The monoisotopic (exact) mass is 230 g/mol. The van der Waals surface area contributed by atoms with Crippen LogP contribution in [0.25, 0.3) is 11.0 Å². The average Bonchev–Trinajstić information content (AvgIpc) is 2.67. The minimum absolute atomic E-state index is 0.529. The molecule has 2 aromatic rings. The maximum atomic E-state index is 4.80. The first-order valence-corrected chi connectivity index (χ1v) is 6.58. The van der Waals surface area contributed by atoms with Crippen LogP contribution in [-0.2, 0) is 6.54 Å². The summed E-state index contributed by atoms with van der Waals surface area (Å²) < 4.78 is 2.40. The minimum Gasteiger partial charge on any atom is -0.328 e. The zero-order valence-corrected chi connectivity index (χ0v) is 11.3. The highest BCUT2D eigenvalue weighted by molar-refractivity contribution is 5.76. The highest BCUT2D eigenvalue weighted by Gasteiger charge is 2.15. The molecule has 2 rings (SSSR count). The van der Waals surface area contributed by atoms with Gasteiger partial charge in [0.2, 0.25) is 0 Å². The van der Waals surface area contributed by atoms with Crippen LogP contribution in [0.4, 0.5) is 0 Å². The second kappa shape index (κ2) is 4.91. The molecule has 92 valence electrons. The van der Waals surface area contributed by atoms with Crippen molar-refractivity contribution in [1.82, 2.24) is 9.55 Å². The van der Waals surface area contributed by atoms with Crippen molar-refractivity contribution in [3.05, 3.63) is 30.1 Å². The molecule has 0 spiro atoms. The van der Waals surface area contributed by atoms with Crippen molar-refractivity contribution in [2.75, 3.05) is 0 Å². The zero-order chi connectivity index (χ0) is 12.4. The van der Waals surface area contributed by atoms with Crippen LogP contribution >= 0.6 is 0 Å². The van der Waals surface area contributed by atoms with Gasteiger partial charge in [-0.3, -0.25) is 0 Å². The number of nitrogens with zero attached hydrogens (tertiary/aromatic N) is 2. The van der Waals surface area contributed by atoms with E-state index in [0.29, 0.717) is 11.8 Å². The highest BCUT2D eigenvalue weighted by atomic mass is 15.1. The summed E-state index contributed by atoms with van der Waals surface area (Å²) in [5.74, 6) is 2.42. The van der Waals surface area contributed by atoms with Gasteiger partial charge in [-0.1, -0.05) is 39.8 Å². The summed E-state index contributed by atoms with van der Waals surface area (Å²) >= 11 is 0. The van der Waals surface area contributed by atoms with Crippen molar-refractivity contribution in [2.24, 2.45) is 5.92 Å². The van der Waals surface area contributed by atoms with Gasteiger partial charge in [-0.15, -0.1) is 0 Å². The number of imidazole rings is 1. The van der Waals surface area contributed by atoms with Crippen LogP contribution in [0.15, 0.2) is 24.3 Å². The third kappa shape index (κ3) is 2.36. The largest absolute Gasteiger partial charge is 0.328 e. The fourth-order valence-corrected chi connectivity index (χ4v) is 2.21. The summed E-state index contributed by atoms with van der Waals surface area (Å²) in [5, 5.41) is 0. The number of benzene rings is 1. The summed E-state index contributed by atoms with van der Waals surface area (Å²) in [4.78, 5) is 4.80. The topological polar surface area (TPSA) is 17.8 Å². The summed E-state index contributed by atoms with van der Waals surface area (Å²) in [7, 11) is 0. The Balaban J connectivity index is 2.56. The Bertz CT molecular complexity index is 497. The summed E-state index contributed by atoms with van der Waals surface area (Å²) in [5.41, 5.74) is 2.40. The van der Waals surface area contributed by atoms with Crippen LogP contribution in [-0.4, -0.2) is 9.55 Å². The van der Waals surface area contributed by atoms with E-state index in [2.05, 4.69) is 56.5 Å². The average molecular weight is 230 g/mol. The number of aromatic nitrogens is 2. The molecule has 2 nitrogen and oxygen atoms in total. The molecule has 0 amide bonds. The maximum absolute atomic E-state index is 4.80. The first-order valence-electron chi connectivity index (χ1n) is 6.58. The molecule has 2 heteroatoms. The third-order valence-electron chi connectivity index (χ3n) is 3.28. The predicted molar refractivity (Wildman–Crippen MR) is 73.3 cm³/mol. The van der Waals surface area contributed by atoms with Crippen molar-refractivity contribution in [2.45, 2.75) is 46.6 Å². The van der Waals surface area contributed by atoms with Crippen LogP contribution in [0.1, 0.15) is 45.9 Å². The Labute approximate surface area is 104 Å². The van der Waals surface area contributed by atoms with Crippen molar-refractivity contribution in [3.63, 3.8) is 0 Å². The molecule has 0 N–H and O–H groups in total. The second-order valence-corrected chi connectivity index (χ2v) is 5.27. The fourth-order valence-electron chi connectivity index (χ4n) is 2.21. The highest BCUT2D eigenvalue weighted by Crippen LogP contribution is 2.24. The van der Waals surface area contributed by atoms with E-state index in [4.69, 9.17) is 4.98 Å². The minimum atomic E-state index is 0.529. The standard InChI is InChI=1S/C15H22N2/c1-5-12(4)15-16-13-8-6-7-9-14(13)17(15)10-11(2)3/h6-9,11-12H,5,10H2,1-4H3. The van der Waals surface area contributed by atoms with Gasteiger partial charge >= 0.3 is 0 Å². The van der Waals surface area contributed by atoms with Crippen LogP contribution in [0, 0.1) is 5.92 Å². The van der Waals surface area contributed by atoms with Gasteiger partial charge in [0.1, 0.15) is 5.82 Å². The van der Waals surface area contributed by atoms with Gasteiger partial charge in [-0.25, -0.2) is 4.98 Å². The van der Waals surface area contributed by atoms with Crippen molar-refractivity contribution in [1.29, 1.82) is 0 Å². The molecule has 0 saturated carbocycles. The van der Waals surface area contributed by atoms with E-state index < -0.39 is 0 Å². The van der Waals surface area contributed by atoms with Gasteiger partial charge in [0.25, 0.3) is 0 Å². The Morgan fingerprint density at radius 3 is 2.53 bits per heavy atom. The molecule has 0 aliphatic rings. The van der Waals surface area contributed by atoms with Crippen molar-refractivity contribution in [3.8, 4) is 0 Å². The molecular formula is C15H22N2. The molecular weight excluding hydrogens is 208 g/mol. The Morgan fingerprint density at radius 1 is 1.18 bits per heavy atom. The second-order valence-electron chi connectivity index (χ2n) is 5.27. The molecule has 1 aromatic heterocycles. The van der Waals surface area contributed by atoms with E-state index in [1.807, 2.05) is 0 Å².